The minimum Gasteiger partial charge on any atom is -0.508 e. The van der Waals surface area contributed by atoms with E-state index in [0.717, 1.165) is 29.8 Å². The van der Waals surface area contributed by atoms with Crippen LogP contribution >= 0.6 is 0 Å². The second-order valence-corrected chi connectivity index (χ2v) is 4.59. The van der Waals surface area contributed by atoms with Crippen molar-refractivity contribution in [2.75, 3.05) is 11.9 Å². The lowest BCUT2D eigenvalue weighted by molar-refractivity contribution is 0.473. The van der Waals surface area contributed by atoms with Gasteiger partial charge in [0.05, 0.1) is 0 Å². The van der Waals surface area contributed by atoms with Crippen LogP contribution in [0.15, 0.2) is 42.5 Å². The largest absolute Gasteiger partial charge is 0.508 e. The monoisotopic (exact) mass is 243 g/mol. The molecule has 1 aliphatic heterocycles. The minimum absolute atomic E-state index is 0.217. The van der Waals surface area contributed by atoms with Gasteiger partial charge in [-0.15, -0.1) is 0 Å². The van der Waals surface area contributed by atoms with Gasteiger partial charge >= 0.3 is 0 Å². The maximum Gasteiger partial charge on any atom is 0.123 e. The molecule has 2 aromatic carbocycles. The van der Waals surface area contributed by atoms with Gasteiger partial charge in [-0.3, -0.25) is 0 Å². The number of fused-ring (bicyclic) bond motifs is 1. The van der Waals surface area contributed by atoms with Crippen LogP contribution in [0, 0.1) is 5.82 Å². The van der Waals surface area contributed by atoms with Gasteiger partial charge in [0.25, 0.3) is 0 Å². The summed E-state index contributed by atoms with van der Waals surface area (Å²) in [7, 11) is 0. The predicted molar refractivity (Wildman–Crippen MR) is 69.5 cm³/mol. The number of aromatic hydroxyl groups is 1. The Bertz CT molecular complexity index is 565. The van der Waals surface area contributed by atoms with Crippen LogP contribution in [0.5, 0.6) is 5.75 Å². The molecule has 0 radical (unpaired) electrons. The normalized spacial score (nSPS) is 17.9. The van der Waals surface area contributed by atoms with E-state index >= 15 is 0 Å². The van der Waals surface area contributed by atoms with Crippen LogP contribution in [-0.2, 0) is 0 Å². The molecule has 3 heteroatoms. The number of hydrogen-bond donors (Lipinski definition) is 2. The average molecular weight is 243 g/mol. The van der Waals surface area contributed by atoms with Gasteiger partial charge in [-0.05, 0) is 47.9 Å². The first kappa shape index (κ1) is 11.1. The van der Waals surface area contributed by atoms with Crippen molar-refractivity contribution in [3.8, 4) is 5.75 Å². The summed E-state index contributed by atoms with van der Waals surface area (Å²) >= 11 is 0. The van der Waals surface area contributed by atoms with Crippen LogP contribution in [0.3, 0.4) is 0 Å². The van der Waals surface area contributed by atoms with Gasteiger partial charge in [-0.1, -0.05) is 12.1 Å². The molecular weight excluding hydrogens is 229 g/mol. The Kier molecular flexibility index (Phi) is 2.67. The highest BCUT2D eigenvalue weighted by molar-refractivity contribution is 5.59. The molecule has 0 bridgehead atoms. The first-order valence-corrected chi connectivity index (χ1v) is 6.06. The van der Waals surface area contributed by atoms with E-state index in [-0.39, 0.29) is 17.5 Å². The first-order chi connectivity index (χ1) is 8.74. The molecular formula is C15H14FNO. The SMILES string of the molecule is Oc1ccc2c(c1)C(c1ccc(F)cc1)CCN2. The van der Waals surface area contributed by atoms with Crippen molar-refractivity contribution in [2.24, 2.45) is 0 Å². The molecule has 0 saturated heterocycles. The predicted octanol–water partition coefficient (Wildman–Crippen LogP) is 3.48. The number of benzene rings is 2. The molecule has 0 aromatic heterocycles. The van der Waals surface area contributed by atoms with Crippen molar-refractivity contribution in [3.63, 3.8) is 0 Å². The molecule has 2 N–H and O–H groups in total. The van der Waals surface area contributed by atoms with Crippen LogP contribution in [0.4, 0.5) is 10.1 Å². The van der Waals surface area contributed by atoms with Crippen molar-refractivity contribution in [2.45, 2.75) is 12.3 Å². The molecule has 1 heterocycles. The molecule has 1 aliphatic rings. The van der Waals surface area contributed by atoms with Crippen molar-refractivity contribution < 1.29 is 9.50 Å². The Morgan fingerprint density at radius 1 is 1.11 bits per heavy atom. The van der Waals surface area contributed by atoms with Gasteiger partial charge < -0.3 is 10.4 Å². The summed E-state index contributed by atoms with van der Waals surface area (Å²) in [6.45, 7) is 0.889. The van der Waals surface area contributed by atoms with E-state index < -0.39 is 0 Å². The molecule has 3 rings (SSSR count). The van der Waals surface area contributed by atoms with Crippen LogP contribution in [0.1, 0.15) is 23.5 Å². The Morgan fingerprint density at radius 3 is 2.67 bits per heavy atom. The highest BCUT2D eigenvalue weighted by Crippen LogP contribution is 2.38. The topological polar surface area (TPSA) is 32.3 Å². The van der Waals surface area contributed by atoms with Crippen LogP contribution in [0.2, 0.25) is 0 Å². The molecule has 0 aliphatic carbocycles. The Labute approximate surface area is 105 Å². The summed E-state index contributed by atoms with van der Waals surface area (Å²) in [6, 6.07) is 12.0. The zero-order valence-electron chi connectivity index (χ0n) is 9.86. The number of phenolic OH excluding ortho intramolecular Hbond substituents is 1. The summed E-state index contributed by atoms with van der Waals surface area (Å²) in [5.74, 6) is 0.266. The second-order valence-electron chi connectivity index (χ2n) is 4.59. The maximum absolute atomic E-state index is 13.0. The van der Waals surface area contributed by atoms with Gasteiger partial charge in [0.1, 0.15) is 11.6 Å². The first-order valence-electron chi connectivity index (χ1n) is 6.06. The number of rotatable bonds is 1. The van der Waals surface area contributed by atoms with Crippen molar-refractivity contribution in [1.29, 1.82) is 0 Å². The maximum atomic E-state index is 13.0. The minimum atomic E-state index is -0.219. The van der Waals surface area contributed by atoms with E-state index in [4.69, 9.17) is 0 Å². The van der Waals surface area contributed by atoms with Crippen LogP contribution in [-0.4, -0.2) is 11.7 Å². The number of anilines is 1. The van der Waals surface area contributed by atoms with E-state index in [9.17, 15) is 9.50 Å². The van der Waals surface area contributed by atoms with E-state index in [2.05, 4.69) is 5.32 Å². The smallest absolute Gasteiger partial charge is 0.123 e. The Morgan fingerprint density at radius 2 is 1.89 bits per heavy atom. The molecule has 2 aromatic rings. The van der Waals surface area contributed by atoms with Crippen LogP contribution in [0.25, 0.3) is 0 Å². The van der Waals surface area contributed by atoms with Gasteiger partial charge in [0.2, 0.25) is 0 Å². The molecule has 0 fully saturated rings. The molecule has 1 atom stereocenters. The molecule has 0 spiro atoms. The zero-order chi connectivity index (χ0) is 12.5. The lowest BCUT2D eigenvalue weighted by Crippen LogP contribution is -2.17. The summed E-state index contributed by atoms with van der Waals surface area (Å²) in [5, 5.41) is 12.9. The number of phenols is 1. The average Bonchev–Trinajstić information content (AvgIpc) is 2.39. The van der Waals surface area contributed by atoms with Gasteiger partial charge in [0, 0.05) is 18.2 Å². The van der Waals surface area contributed by atoms with Crippen molar-refractivity contribution in [3.05, 3.63) is 59.4 Å². The second kappa shape index (κ2) is 4.33. The fourth-order valence-electron chi connectivity index (χ4n) is 2.55. The van der Waals surface area contributed by atoms with Gasteiger partial charge in [-0.25, -0.2) is 4.39 Å². The molecule has 2 nitrogen and oxygen atoms in total. The van der Waals surface area contributed by atoms with E-state index in [0.29, 0.717) is 0 Å². The third kappa shape index (κ3) is 1.92. The highest BCUT2D eigenvalue weighted by atomic mass is 19.1. The van der Waals surface area contributed by atoms with Gasteiger partial charge in [0.15, 0.2) is 0 Å². The number of nitrogens with one attached hydrogen (secondary N) is 1. The Hall–Kier alpha value is -2.03. The summed E-state index contributed by atoms with van der Waals surface area (Å²) in [6.07, 6.45) is 0.947. The van der Waals surface area contributed by atoms with Crippen LogP contribution < -0.4 is 5.32 Å². The van der Waals surface area contributed by atoms with E-state index in [1.807, 2.05) is 18.2 Å². The highest BCUT2D eigenvalue weighted by Gasteiger charge is 2.21. The quantitative estimate of drug-likeness (QED) is 0.751. The molecule has 18 heavy (non-hydrogen) atoms. The lowest BCUT2D eigenvalue weighted by Gasteiger charge is -2.27. The molecule has 1 unspecified atom stereocenters. The van der Waals surface area contributed by atoms with E-state index in [1.54, 1.807) is 12.1 Å². The van der Waals surface area contributed by atoms with Gasteiger partial charge in [-0.2, -0.15) is 0 Å². The fraction of sp³-hybridized carbons (Fsp3) is 0.200. The summed E-state index contributed by atoms with van der Waals surface area (Å²) < 4.78 is 13.0. The van der Waals surface area contributed by atoms with Crippen molar-refractivity contribution in [1.82, 2.24) is 0 Å². The lowest BCUT2D eigenvalue weighted by atomic mass is 9.85. The number of hydrogen-bond acceptors (Lipinski definition) is 2. The standard InChI is InChI=1S/C15H14FNO/c16-11-3-1-10(2-4-11)13-7-8-17-15-6-5-12(18)9-14(13)15/h1-6,9,13,17-18H,7-8H2. The summed E-state index contributed by atoms with van der Waals surface area (Å²) in [5.41, 5.74) is 3.21. The third-order valence-corrected chi connectivity index (χ3v) is 3.43. The third-order valence-electron chi connectivity index (χ3n) is 3.43. The fourth-order valence-corrected chi connectivity index (χ4v) is 2.55. The number of halogens is 1. The molecule has 0 amide bonds. The van der Waals surface area contributed by atoms with E-state index in [1.165, 1.54) is 12.1 Å². The molecule has 0 saturated carbocycles. The zero-order valence-corrected chi connectivity index (χ0v) is 9.86. The molecule has 92 valence electrons. The van der Waals surface area contributed by atoms with Crippen molar-refractivity contribution >= 4 is 5.69 Å². The Balaban J connectivity index is 2.05. The summed E-state index contributed by atoms with van der Waals surface area (Å²) in [4.78, 5) is 0.